The van der Waals surface area contributed by atoms with Gasteiger partial charge in [-0.2, -0.15) is 11.8 Å². The number of hydrogen-bond donors (Lipinski definition) is 2. The first-order valence-electron chi connectivity index (χ1n) is 5.28. The molecular weight excluding hydrogens is 240 g/mol. The lowest BCUT2D eigenvalue weighted by Gasteiger charge is -2.11. The second-order valence-corrected chi connectivity index (χ2v) is 6.43. The summed E-state index contributed by atoms with van der Waals surface area (Å²) in [6.07, 6.45) is 4.81. The van der Waals surface area contributed by atoms with E-state index in [4.69, 9.17) is 5.73 Å². The van der Waals surface area contributed by atoms with Crippen LogP contribution in [0.25, 0.3) is 0 Å². The standard InChI is InChI=1S/C11H16N2OS2/c1-15-11(2-3-11)7-13-5-9-4-8(6-16-9)10(12)14/h4,6,13H,2-3,5,7H2,1H3,(H2,12,14). The molecule has 3 N–H and O–H groups in total. The maximum atomic E-state index is 10.9. The maximum absolute atomic E-state index is 10.9. The molecule has 1 aliphatic rings. The Morgan fingerprint density at radius 1 is 1.69 bits per heavy atom. The quantitative estimate of drug-likeness (QED) is 0.816. The summed E-state index contributed by atoms with van der Waals surface area (Å²) >= 11 is 3.54. The Balaban J connectivity index is 1.79. The normalized spacial score (nSPS) is 17.3. The van der Waals surface area contributed by atoms with E-state index in [1.54, 1.807) is 11.3 Å². The minimum Gasteiger partial charge on any atom is -0.366 e. The van der Waals surface area contributed by atoms with Crippen LogP contribution in [-0.4, -0.2) is 23.5 Å². The third kappa shape index (κ3) is 2.78. The van der Waals surface area contributed by atoms with Crippen molar-refractivity contribution >= 4 is 29.0 Å². The molecular formula is C11H16N2OS2. The predicted octanol–water partition coefficient (Wildman–Crippen LogP) is 1.83. The van der Waals surface area contributed by atoms with Crippen molar-refractivity contribution in [3.8, 4) is 0 Å². The van der Waals surface area contributed by atoms with Gasteiger partial charge in [0.15, 0.2) is 0 Å². The third-order valence-corrected chi connectivity index (χ3v) is 5.28. The van der Waals surface area contributed by atoms with E-state index in [2.05, 4.69) is 11.6 Å². The molecule has 1 heterocycles. The number of carbonyl (C=O) groups excluding carboxylic acids is 1. The second kappa shape index (κ2) is 4.77. The molecule has 0 saturated heterocycles. The van der Waals surface area contributed by atoms with Crippen LogP contribution in [0.2, 0.25) is 0 Å². The van der Waals surface area contributed by atoms with E-state index >= 15 is 0 Å². The number of hydrogen-bond acceptors (Lipinski definition) is 4. The van der Waals surface area contributed by atoms with Crippen molar-refractivity contribution in [3.63, 3.8) is 0 Å². The summed E-state index contributed by atoms with van der Waals surface area (Å²) in [7, 11) is 0. The SMILES string of the molecule is CSC1(CNCc2cc(C(N)=O)cs2)CC1. The van der Waals surface area contributed by atoms with Crippen LogP contribution in [0.4, 0.5) is 0 Å². The predicted molar refractivity (Wildman–Crippen MR) is 70.0 cm³/mol. The number of thiophene rings is 1. The Bertz CT molecular complexity index is 385. The average molecular weight is 256 g/mol. The van der Waals surface area contributed by atoms with E-state index in [1.165, 1.54) is 17.7 Å². The smallest absolute Gasteiger partial charge is 0.249 e. The largest absolute Gasteiger partial charge is 0.366 e. The minimum absolute atomic E-state index is 0.342. The highest BCUT2D eigenvalue weighted by Crippen LogP contribution is 2.46. The molecule has 0 aliphatic heterocycles. The molecule has 0 unspecified atom stereocenters. The van der Waals surface area contributed by atoms with Gasteiger partial charge in [-0.1, -0.05) is 0 Å². The molecule has 1 saturated carbocycles. The Kier molecular flexibility index (Phi) is 3.56. The molecule has 16 heavy (non-hydrogen) atoms. The highest BCUT2D eigenvalue weighted by molar-refractivity contribution is 8.00. The summed E-state index contributed by atoms with van der Waals surface area (Å²) in [5.41, 5.74) is 5.82. The van der Waals surface area contributed by atoms with Gasteiger partial charge in [-0.25, -0.2) is 0 Å². The Labute approximate surface area is 104 Å². The van der Waals surface area contributed by atoms with E-state index in [0.717, 1.165) is 13.1 Å². The van der Waals surface area contributed by atoms with Crippen LogP contribution in [0.3, 0.4) is 0 Å². The van der Waals surface area contributed by atoms with Gasteiger partial charge in [0.05, 0.1) is 5.56 Å². The van der Waals surface area contributed by atoms with Crippen LogP contribution in [0.15, 0.2) is 11.4 Å². The summed E-state index contributed by atoms with van der Waals surface area (Å²) in [5.74, 6) is -0.342. The summed E-state index contributed by atoms with van der Waals surface area (Å²) in [4.78, 5) is 12.1. The number of rotatable bonds is 6. The van der Waals surface area contributed by atoms with Crippen LogP contribution < -0.4 is 11.1 Å². The van der Waals surface area contributed by atoms with Gasteiger partial charge >= 0.3 is 0 Å². The van der Waals surface area contributed by atoms with E-state index in [0.29, 0.717) is 10.3 Å². The van der Waals surface area contributed by atoms with Crippen molar-refractivity contribution in [2.24, 2.45) is 5.73 Å². The van der Waals surface area contributed by atoms with E-state index in [1.807, 2.05) is 23.2 Å². The van der Waals surface area contributed by atoms with Gasteiger partial charge in [-0.15, -0.1) is 11.3 Å². The lowest BCUT2D eigenvalue weighted by Crippen LogP contribution is -2.25. The van der Waals surface area contributed by atoms with Gasteiger partial charge in [-0.3, -0.25) is 4.79 Å². The van der Waals surface area contributed by atoms with Gasteiger partial charge in [0.25, 0.3) is 0 Å². The zero-order valence-electron chi connectivity index (χ0n) is 9.29. The molecule has 0 radical (unpaired) electrons. The second-order valence-electron chi connectivity index (χ2n) is 4.16. The first kappa shape index (κ1) is 12.0. The summed E-state index contributed by atoms with van der Waals surface area (Å²) in [6.45, 7) is 1.89. The minimum atomic E-state index is -0.342. The van der Waals surface area contributed by atoms with Crippen LogP contribution in [0.1, 0.15) is 28.1 Å². The molecule has 3 nitrogen and oxygen atoms in total. The highest BCUT2D eigenvalue weighted by Gasteiger charge is 2.41. The van der Waals surface area contributed by atoms with Crippen molar-refractivity contribution in [2.45, 2.75) is 24.1 Å². The van der Waals surface area contributed by atoms with Crippen molar-refractivity contribution < 1.29 is 4.79 Å². The fourth-order valence-corrected chi connectivity index (χ4v) is 3.21. The highest BCUT2D eigenvalue weighted by atomic mass is 32.2. The zero-order valence-corrected chi connectivity index (χ0v) is 10.9. The molecule has 0 spiro atoms. The van der Waals surface area contributed by atoms with Crippen LogP contribution in [-0.2, 0) is 6.54 Å². The molecule has 0 atom stereocenters. The van der Waals surface area contributed by atoms with Gasteiger partial charge in [-0.05, 0) is 25.2 Å². The third-order valence-electron chi connectivity index (χ3n) is 2.93. The Hall–Kier alpha value is -0.520. The number of nitrogens with one attached hydrogen (secondary N) is 1. The zero-order chi connectivity index (χ0) is 11.6. The van der Waals surface area contributed by atoms with Gasteiger partial charge in [0.2, 0.25) is 5.91 Å². The maximum Gasteiger partial charge on any atom is 0.249 e. The molecule has 1 aromatic heterocycles. The number of amides is 1. The van der Waals surface area contributed by atoms with Crippen molar-refractivity contribution in [3.05, 3.63) is 21.9 Å². The Morgan fingerprint density at radius 2 is 2.44 bits per heavy atom. The average Bonchev–Trinajstić information content (AvgIpc) is 2.88. The van der Waals surface area contributed by atoms with Crippen LogP contribution >= 0.6 is 23.1 Å². The van der Waals surface area contributed by atoms with Crippen molar-refractivity contribution in [2.75, 3.05) is 12.8 Å². The first-order valence-corrected chi connectivity index (χ1v) is 7.39. The number of carbonyl (C=O) groups is 1. The van der Waals surface area contributed by atoms with E-state index < -0.39 is 0 Å². The summed E-state index contributed by atoms with van der Waals surface area (Å²) in [5, 5.41) is 5.27. The summed E-state index contributed by atoms with van der Waals surface area (Å²) in [6, 6.07) is 1.87. The topological polar surface area (TPSA) is 55.1 Å². The van der Waals surface area contributed by atoms with Crippen molar-refractivity contribution in [1.29, 1.82) is 0 Å². The fraction of sp³-hybridized carbons (Fsp3) is 0.545. The van der Waals surface area contributed by atoms with E-state index in [9.17, 15) is 4.79 Å². The Morgan fingerprint density at radius 3 is 2.94 bits per heavy atom. The molecule has 88 valence electrons. The molecule has 2 rings (SSSR count). The molecule has 1 aromatic rings. The number of nitrogens with two attached hydrogens (primary N) is 1. The number of primary amides is 1. The van der Waals surface area contributed by atoms with E-state index in [-0.39, 0.29) is 5.91 Å². The van der Waals surface area contributed by atoms with Gasteiger partial charge in [0.1, 0.15) is 0 Å². The van der Waals surface area contributed by atoms with Crippen molar-refractivity contribution in [1.82, 2.24) is 5.32 Å². The van der Waals surface area contributed by atoms with Gasteiger partial charge in [0, 0.05) is 28.1 Å². The fourth-order valence-electron chi connectivity index (χ4n) is 1.61. The molecule has 1 fully saturated rings. The first-order chi connectivity index (χ1) is 7.65. The monoisotopic (exact) mass is 256 g/mol. The number of thioether (sulfide) groups is 1. The molecule has 0 bridgehead atoms. The van der Waals surface area contributed by atoms with Crippen LogP contribution in [0.5, 0.6) is 0 Å². The van der Waals surface area contributed by atoms with Gasteiger partial charge < -0.3 is 11.1 Å². The molecule has 1 aliphatic carbocycles. The molecule has 0 aromatic carbocycles. The lowest BCUT2D eigenvalue weighted by molar-refractivity contribution is 0.100. The van der Waals surface area contributed by atoms with Crippen LogP contribution in [0, 0.1) is 0 Å². The lowest BCUT2D eigenvalue weighted by atomic mass is 10.3. The molecule has 1 amide bonds. The molecule has 5 heteroatoms. The summed E-state index contributed by atoms with van der Waals surface area (Å²) < 4.78 is 0.490.